The molecule has 0 fully saturated rings. The first-order valence-corrected chi connectivity index (χ1v) is 5.51. The fourth-order valence-corrected chi connectivity index (χ4v) is 1.22. The molecule has 0 aliphatic rings. The van der Waals surface area contributed by atoms with E-state index in [1.165, 1.54) is 0 Å². The number of hydrogen-bond acceptors (Lipinski definition) is 3. The molecule has 0 atom stereocenters. The Balaban J connectivity index is 2.58. The molecule has 0 aliphatic carbocycles. The van der Waals surface area contributed by atoms with Crippen LogP contribution in [-0.4, -0.2) is 31.3 Å². The van der Waals surface area contributed by atoms with Crippen LogP contribution in [0.2, 0.25) is 0 Å². The van der Waals surface area contributed by atoms with E-state index in [9.17, 15) is 4.79 Å². The highest BCUT2D eigenvalue weighted by molar-refractivity contribution is 5.94. The van der Waals surface area contributed by atoms with Gasteiger partial charge in [-0.25, -0.2) is 0 Å². The first-order chi connectivity index (χ1) is 7.98. The number of ether oxygens (including phenoxy) is 1. The van der Waals surface area contributed by atoms with E-state index in [0.717, 1.165) is 5.75 Å². The zero-order chi connectivity index (χ0) is 12.9. The summed E-state index contributed by atoms with van der Waals surface area (Å²) in [5.74, 6) is 0.575. The maximum Gasteiger partial charge on any atom is 0.251 e. The summed E-state index contributed by atoms with van der Waals surface area (Å²) in [5, 5.41) is 11.9. The van der Waals surface area contributed by atoms with Gasteiger partial charge in [-0.3, -0.25) is 4.79 Å². The third-order valence-electron chi connectivity index (χ3n) is 2.51. The summed E-state index contributed by atoms with van der Waals surface area (Å²) >= 11 is 0. The van der Waals surface area contributed by atoms with Gasteiger partial charge in [0, 0.05) is 24.1 Å². The normalized spacial score (nSPS) is 11.1. The summed E-state index contributed by atoms with van der Waals surface area (Å²) in [7, 11) is 1.58. The van der Waals surface area contributed by atoms with Gasteiger partial charge in [0.05, 0.1) is 7.11 Å². The second-order valence-electron chi connectivity index (χ2n) is 4.73. The average Bonchev–Trinajstić information content (AvgIpc) is 2.36. The van der Waals surface area contributed by atoms with Crippen LogP contribution in [0, 0.1) is 5.41 Å². The number of carbonyl (C=O) groups excluding carboxylic acids is 1. The highest BCUT2D eigenvalue weighted by Crippen LogP contribution is 2.13. The van der Waals surface area contributed by atoms with Crippen molar-refractivity contribution in [2.24, 2.45) is 5.41 Å². The fraction of sp³-hybridized carbons (Fsp3) is 0.462. The number of nitrogens with one attached hydrogen (secondary N) is 1. The fourth-order valence-electron chi connectivity index (χ4n) is 1.22. The Labute approximate surface area is 102 Å². The standard InChI is InChI=1S/C13H19NO3/c1-13(2,9-15)8-14-12(16)10-4-6-11(17-3)7-5-10/h4-7,15H,8-9H2,1-3H3,(H,14,16). The molecule has 17 heavy (non-hydrogen) atoms. The smallest absolute Gasteiger partial charge is 0.251 e. The minimum atomic E-state index is -0.303. The molecular formula is C13H19NO3. The van der Waals surface area contributed by atoms with E-state index in [4.69, 9.17) is 9.84 Å². The third-order valence-corrected chi connectivity index (χ3v) is 2.51. The Bertz CT molecular complexity index is 371. The topological polar surface area (TPSA) is 58.6 Å². The maximum absolute atomic E-state index is 11.8. The van der Waals surface area contributed by atoms with Crippen LogP contribution in [0.15, 0.2) is 24.3 Å². The van der Waals surface area contributed by atoms with Crippen molar-refractivity contribution in [1.29, 1.82) is 0 Å². The number of aliphatic hydroxyl groups is 1. The van der Waals surface area contributed by atoms with Gasteiger partial charge in [-0.1, -0.05) is 13.8 Å². The monoisotopic (exact) mass is 237 g/mol. The Kier molecular flexibility index (Phi) is 4.52. The molecule has 4 heteroatoms. The molecule has 0 spiro atoms. The van der Waals surface area contributed by atoms with Crippen molar-refractivity contribution in [3.05, 3.63) is 29.8 Å². The van der Waals surface area contributed by atoms with Crippen molar-refractivity contribution in [3.8, 4) is 5.75 Å². The van der Waals surface area contributed by atoms with E-state index in [1.807, 2.05) is 13.8 Å². The Hall–Kier alpha value is -1.55. The molecule has 0 saturated carbocycles. The summed E-state index contributed by atoms with van der Waals surface area (Å²) in [6.07, 6.45) is 0. The van der Waals surface area contributed by atoms with Gasteiger partial charge in [-0.2, -0.15) is 0 Å². The van der Waals surface area contributed by atoms with E-state index in [2.05, 4.69) is 5.32 Å². The Morgan fingerprint density at radius 3 is 2.41 bits per heavy atom. The van der Waals surface area contributed by atoms with Crippen LogP contribution in [0.4, 0.5) is 0 Å². The van der Waals surface area contributed by atoms with E-state index < -0.39 is 0 Å². The van der Waals surface area contributed by atoms with Crippen LogP contribution in [0.1, 0.15) is 24.2 Å². The molecule has 0 saturated heterocycles. The van der Waals surface area contributed by atoms with Crippen LogP contribution in [-0.2, 0) is 0 Å². The summed E-state index contributed by atoms with van der Waals surface area (Å²) in [4.78, 5) is 11.8. The van der Waals surface area contributed by atoms with E-state index in [0.29, 0.717) is 12.1 Å². The van der Waals surface area contributed by atoms with Crippen molar-refractivity contribution in [1.82, 2.24) is 5.32 Å². The number of carbonyl (C=O) groups is 1. The molecule has 1 aromatic rings. The lowest BCUT2D eigenvalue weighted by molar-refractivity contribution is 0.0911. The molecule has 1 amide bonds. The largest absolute Gasteiger partial charge is 0.497 e. The SMILES string of the molecule is COc1ccc(C(=O)NCC(C)(C)CO)cc1. The quantitative estimate of drug-likeness (QED) is 0.814. The van der Waals surface area contributed by atoms with Crippen LogP contribution in [0.3, 0.4) is 0 Å². The molecule has 94 valence electrons. The van der Waals surface area contributed by atoms with Crippen molar-refractivity contribution < 1.29 is 14.6 Å². The van der Waals surface area contributed by atoms with Gasteiger partial charge >= 0.3 is 0 Å². The van der Waals surface area contributed by atoms with Crippen LogP contribution < -0.4 is 10.1 Å². The lowest BCUT2D eigenvalue weighted by atomic mass is 9.95. The number of hydrogen-bond donors (Lipinski definition) is 2. The molecule has 0 radical (unpaired) electrons. The van der Waals surface area contributed by atoms with Gasteiger partial charge in [0.25, 0.3) is 5.91 Å². The van der Waals surface area contributed by atoms with Gasteiger partial charge in [-0.15, -0.1) is 0 Å². The van der Waals surface area contributed by atoms with Crippen LogP contribution in [0.5, 0.6) is 5.75 Å². The molecule has 1 rings (SSSR count). The summed E-state index contributed by atoms with van der Waals surface area (Å²) in [6.45, 7) is 4.26. The molecule has 0 unspecified atom stereocenters. The molecule has 4 nitrogen and oxygen atoms in total. The van der Waals surface area contributed by atoms with Crippen molar-refractivity contribution in [2.75, 3.05) is 20.3 Å². The van der Waals surface area contributed by atoms with E-state index in [1.54, 1.807) is 31.4 Å². The number of amides is 1. The molecule has 2 N–H and O–H groups in total. The summed E-state index contributed by atoms with van der Waals surface area (Å²) < 4.78 is 5.02. The van der Waals surface area contributed by atoms with Gasteiger partial charge in [0.1, 0.15) is 5.75 Å². The minimum absolute atomic E-state index is 0.0376. The average molecular weight is 237 g/mol. The molecule has 1 aromatic carbocycles. The first-order valence-electron chi connectivity index (χ1n) is 5.51. The van der Waals surface area contributed by atoms with Crippen molar-refractivity contribution in [2.45, 2.75) is 13.8 Å². The van der Waals surface area contributed by atoms with Crippen LogP contribution in [0.25, 0.3) is 0 Å². The highest BCUT2D eigenvalue weighted by Gasteiger charge is 2.17. The minimum Gasteiger partial charge on any atom is -0.497 e. The zero-order valence-electron chi connectivity index (χ0n) is 10.5. The van der Waals surface area contributed by atoms with E-state index >= 15 is 0 Å². The highest BCUT2D eigenvalue weighted by atomic mass is 16.5. The number of methoxy groups -OCH3 is 1. The zero-order valence-corrected chi connectivity index (χ0v) is 10.5. The van der Waals surface area contributed by atoms with Gasteiger partial charge in [0.2, 0.25) is 0 Å². The molecular weight excluding hydrogens is 218 g/mol. The van der Waals surface area contributed by atoms with Crippen molar-refractivity contribution in [3.63, 3.8) is 0 Å². The molecule has 0 bridgehead atoms. The summed E-state index contributed by atoms with van der Waals surface area (Å²) in [6, 6.07) is 6.90. The number of benzene rings is 1. The number of aliphatic hydroxyl groups excluding tert-OH is 1. The van der Waals surface area contributed by atoms with Crippen LogP contribution >= 0.6 is 0 Å². The third kappa shape index (κ3) is 4.07. The lowest BCUT2D eigenvalue weighted by Crippen LogP contribution is -2.36. The van der Waals surface area contributed by atoms with Gasteiger partial charge in [-0.05, 0) is 24.3 Å². The second-order valence-corrected chi connectivity index (χ2v) is 4.73. The van der Waals surface area contributed by atoms with E-state index in [-0.39, 0.29) is 17.9 Å². The lowest BCUT2D eigenvalue weighted by Gasteiger charge is -2.21. The predicted molar refractivity (Wildman–Crippen MR) is 66.2 cm³/mol. The first kappa shape index (κ1) is 13.5. The number of rotatable bonds is 5. The summed E-state index contributed by atoms with van der Waals surface area (Å²) in [5.41, 5.74) is 0.279. The predicted octanol–water partition coefficient (Wildman–Crippen LogP) is 1.44. The molecule has 0 aromatic heterocycles. The molecule has 0 heterocycles. The Morgan fingerprint density at radius 2 is 1.94 bits per heavy atom. The molecule has 0 aliphatic heterocycles. The van der Waals surface area contributed by atoms with Gasteiger partial charge in [0.15, 0.2) is 0 Å². The Morgan fingerprint density at radius 1 is 1.35 bits per heavy atom. The maximum atomic E-state index is 11.8. The van der Waals surface area contributed by atoms with Crippen molar-refractivity contribution >= 4 is 5.91 Å². The van der Waals surface area contributed by atoms with Gasteiger partial charge < -0.3 is 15.2 Å². The second kappa shape index (κ2) is 5.68.